The van der Waals surface area contributed by atoms with Gasteiger partial charge >= 0.3 is 6.09 Å². The maximum absolute atomic E-state index is 16.1. The number of aliphatic hydroxyl groups excluding tert-OH is 3. The summed E-state index contributed by atoms with van der Waals surface area (Å²) in [6.07, 6.45) is -5.68. The lowest BCUT2D eigenvalue weighted by Gasteiger charge is -2.45. The molecular formula is C53H72N10O17S. The van der Waals surface area contributed by atoms with E-state index in [2.05, 4.69) is 36.9 Å². The first-order valence-corrected chi connectivity index (χ1v) is 28.4. The van der Waals surface area contributed by atoms with E-state index in [-0.39, 0.29) is 56.6 Å². The Hall–Kier alpha value is -7.01. The number of ether oxygens (including phenoxy) is 1. The Morgan fingerprint density at radius 2 is 1.57 bits per heavy atom. The molecule has 27 nitrogen and oxygen atoms in total. The minimum Gasteiger partial charge on any atom is -0.465 e. The summed E-state index contributed by atoms with van der Waals surface area (Å²) >= 11 is 1.05. The van der Waals surface area contributed by atoms with Crippen molar-refractivity contribution in [3.63, 3.8) is 0 Å². The molecule has 5 aliphatic rings. The van der Waals surface area contributed by atoms with Crippen LogP contribution in [0.15, 0.2) is 23.2 Å². The highest BCUT2D eigenvalue weighted by Crippen LogP contribution is 2.41. The Morgan fingerprint density at radius 1 is 0.877 bits per heavy atom. The number of primary amides is 1. The maximum Gasteiger partial charge on any atom is 0.432 e. The number of thioether (sulfide) groups is 1. The SMILES string of the molecule is CC[C@H](C)[C@@H]1NC(=O)CNC(=O)C2CC(=O)[C@H]([C@@H](C)[C@@H](O)CO)NC(=O)[C@@H]3CC(O)CN3C3(CCCCCCNC(=O)ON4C(=O)CCC4=O)Oc4ccc5c(c([nH]c5c4)SCC(NC(=O)CNC1=O)C(=O)C[C@@H](CC(N)=O)C3=O)C2. The van der Waals surface area contributed by atoms with E-state index in [0.717, 1.165) is 11.8 Å². The van der Waals surface area contributed by atoms with Crippen molar-refractivity contribution in [2.75, 3.05) is 38.5 Å². The number of aromatic amines is 1. The maximum atomic E-state index is 16.1. The smallest absolute Gasteiger partial charge is 0.432 e. The van der Waals surface area contributed by atoms with Crippen molar-refractivity contribution in [3.05, 3.63) is 23.8 Å². The summed E-state index contributed by atoms with van der Waals surface area (Å²) in [6, 6.07) is -1.07. The number of unbranched alkanes of at least 4 members (excludes halogenated alkanes) is 3. The Labute approximate surface area is 469 Å². The number of benzene rings is 1. The zero-order valence-electron chi connectivity index (χ0n) is 45.4. The third-order valence-corrected chi connectivity index (χ3v) is 16.9. The van der Waals surface area contributed by atoms with E-state index in [9.17, 15) is 63.3 Å². The molecule has 2 saturated heterocycles. The number of H-pyrrole nitrogens is 1. The van der Waals surface area contributed by atoms with Gasteiger partial charge in [-0.1, -0.05) is 40.0 Å². The molecule has 11 atom stereocenters. The average molecular weight is 1150 g/mol. The van der Waals surface area contributed by atoms with E-state index < -0.39 is 182 Å². The number of ketones is 3. The fourth-order valence-corrected chi connectivity index (χ4v) is 12.1. The molecule has 1 aromatic carbocycles. The summed E-state index contributed by atoms with van der Waals surface area (Å²) < 4.78 is 6.98. The molecule has 28 heteroatoms. The number of hydrogen-bond donors (Lipinski definition) is 11. The molecule has 12 N–H and O–H groups in total. The zero-order valence-corrected chi connectivity index (χ0v) is 46.2. The summed E-state index contributed by atoms with van der Waals surface area (Å²) in [7, 11) is 0. The summed E-state index contributed by atoms with van der Waals surface area (Å²) in [5.74, 6) is -13.8. The predicted octanol–water partition coefficient (Wildman–Crippen LogP) is -1.59. The number of nitrogens with one attached hydrogen (secondary N) is 7. The van der Waals surface area contributed by atoms with Crippen molar-refractivity contribution < 1.29 is 82.4 Å². The van der Waals surface area contributed by atoms with Gasteiger partial charge in [0, 0.05) is 86.6 Å². The molecular weight excluding hydrogens is 1080 g/mol. The number of hydrogen-bond acceptors (Lipinski definition) is 19. The molecule has 5 aliphatic heterocycles. The second-order valence-corrected chi connectivity index (χ2v) is 22.5. The lowest BCUT2D eigenvalue weighted by molar-refractivity contribution is -0.171. The molecule has 442 valence electrons. The van der Waals surface area contributed by atoms with Gasteiger partial charge in [-0.05, 0) is 49.3 Å². The highest BCUT2D eigenvalue weighted by Gasteiger charge is 2.57. The minimum atomic E-state index is -2.36. The fourth-order valence-electron chi connectivity index (χ4n) is 11.0. The van der Waals surface area contributed by atoms with Gasteiger partial charge in [0.15, 0.2) is 17.3 Å². The van der Waals surface area contributed by atoms with Crippen molar-refractivity contribution in [2.45, 2.75) is 151 Å². The third kappa shape index (κ3) is 14.7. The minimum absolute atomic E-state index is 0.0334. The second kappa shape index (κ2) is 27.2. The highest BCUT2D eigenvalue weighted by atomic mass is 32.2. The molecule has 0 spiro atoms. The van der Waals surface area contributed by atoms with Crippen molar-refractivity contribution in [1.82, 2.24) is 46.8 Å². The number of nitrogens with two attached hydrogens (primary N) is 1. The standard InChI is InChI=1S/C53H72N10O17S/c1-4-26(2)45-50(77)57-21-41(70)58-35-25-81-51-33-15-29(48(75)56-22-42(71)60-45)17-38(67)46(27(3)39(68)24-64)61-49(76)36-19-30(65)23-62(36)53(47(74)28(16-37(35)66)18-40(54)69,79-31-9-10-32(33)34(20-31)59-51)13-7-5-6-8-14-55-52(78)80-63-43(72)11-12-44(63)73/h9-10,20,26-30,35-36,39,45-46,59,64-65,68H,4-8,11-19,21-25H2,1-3H3,(H2,54,69)(H,55,78)(H,56,75)(H,57,77)(H,58,70)(H,60,71)(H,61,76)/t26-,27-,28-,29?,30?,35?,36-,39-,45-,46-,53?/m0/s1. The summed E-state index contributed by atoms with van der Waals surface area (Å²) in [4.78, 5) is 176. The quantitative estimate of drug-likeness (QED) is 0.0707. The Balaban J connectivity index is 1.38. The number of amides is 9. The first-order chi connectivity index (χ1) is 38.5. The lowest BCUT2D eigenvalue weighted by Crippen LogP contribution is -2.65. The van der Waals surface area contributed by atoms with Crippen LogP contribution in [-0.4, -0.2) is 182 Å². The number of carbonyl (C=O) groups excluding carboxylic acids is 12. The number of aliphatic hydroxyl groups is 3. The Bertz CT molecular complexity index is 2780. The summed E-state index contributed by atoms with van der Waals surface area (Å²) in [6.45, 7) is 2.29. The van der Waals surface area contributed by atoms with Crippen LogP contribution in [0.5, 0.6) is 5.75 Å². The third-order valence-electron chi connectivity index (χ3n) is 15.7. The van der Waals surface area contributed by atoms with Gasteiger partial charge < -0.3 is 67.5 Å². The van der Waals surface area contributed by atoms with Gasteiger partial charge in [0.2, 0.25) is 41.2 Å². The number of hydroxylamine groups is 2. The van der Waals surface area contributed by atoms with E-state index in [1.807, 2.05) is 0 Å². The molecule has 0 saturated carbocycles. The number of carbonyl (C=O) groups is 12. The monoisotopic (exact) mass is 1150 g/mol. The number of aromatic nitrogens is 1. The molecule has 0 aliphatic carbocycles. The Morgan fingerprint density at radius 3 is 2.26 bits per heavy atom. The number of rotatable bonds is 15. The van der Waals surface area contributed by atoms with Crippen LogP contribution < -0.4 is 42.4 Å². The van der Waals surface area contributed by atoms with Crippen molar-refractivity contribution in [1.29, 1.82) is 0 Å². The first kappa shape index (κ1) is 61.6. The predicted molar refractivity (Wildman–Crippen MR) is 284 cm³/mol. The van der Waals surface area contributed by atoms with E-state index in [4.69, 9.17) is 15.3 Å². The van der Waals surface area contributed by atoms with Crippen LogP contribution in [0.4, 0.5) is 4.79 Å². The van der Waals surface area contributed by atoms with E-state index in [0.29, 0.717) is 52.2 Å². The van der Waals surface area contributed by atoms with Crippen LogP contribution >= 0.6 is 11.8 Å². The van der Waals surface area contributed by atoms with Gasteiger partial charge in [-0.25, -0.2) is 9.69 Å². The van der Waals surface area contributed by atoms with Crippen LogP contribution in [0, 0.1) is 23.7 Å². The van der Waals surface area contributed by atoms with Crippen LogP contribution in [0.2, 0.25) is 0 Å². The largest absolute Gasteiger partial charge is 0.465 e. The van der Waals surface area contributed by atoms with Gasteiger partial charge in [0.25, 0.3) is 11.8 Å². The number of fused-ring (bicyclic) bond motifs is 7. The molecule has 6 heterocycles. The van der Waals surface area contributed by atoms with Crippen molar-refractivity contribution >= 4 is 93.4 Å². The van der Waals surface area contributed by atoms with Gasteiger partial charge in [-0.2, -0.15) is 0 Å². The average Bonchev–Trinajstić information content (AvgIpc) is 4.26. The van der Waals surface area contributed by atoms with E-state index in [1.165, 1.54) is 17.9 Å². The Kier molecular flexibility index (Phi) is 20.7. The second-order valence-electron chi connectivity index (χ2n) is 21.5. The number of Topliss-reactive ketones (excluding diaryl/α,β-unsaturated/α-hetero) is 3. The summed E-state index contributed by atoms with van der Waals surface area (Å²) in [5.41, 5.74) is 4.30. The molecule has 0 radical (unpaired) electrons. The van der Waals surface area contributed by atoms with Gasteiger partial charge in [-0.3, -0.25) is 52.7 Å². The van der Waals surface area contributed by atoms with E-state index in [1.54, 1.807) is 26.0 Å². The number of nitrogens with zero attached hydrogens (tertiary/aromatic N) is 2. The van der Waals surface area contributed by atoms with Crippen molar-refractivity contribution in [2.24, 2.45) is 29.4 Å². The van der Waals surface area contributed by atoms with Crippen LogP contribution in [0.25, 0.3) is 10.9 Å². The fraction of sp³-hybridized carbons (Fsp3) is 0.623. The number of imide groups is 1. The van der Waals surface area contributed by atoms with Gasteiger partial charge in [-0.15, -0.1) is 16.8 Å². The normalized spacial score (nSPS) is 27.7. The van der Waals surface area contributed by atoms with E-state index >= 15 is 9.59 Å². The molecule has 7 rings (SSSR count). The summed E-state index contributed by atoms with van der Waals surface area (Å²) in [5, 5.41) is 49.7. The zero-order chi connectivity index (χ0) is 58.9. The molecule has 9 amide bonds. The van der Waals surface area contributed by atoms with Gasteiger partial charge in [0.1, 0.15) is 11.8 Å². The van der Waals surface area contributed by atoms with Crippen LogP contribution in [0.3, 0.4) is 0 Å². The molecule has 2 aromatic rings. The van der Waals surface area contributed by atoms with Crippen molar-refractivity contribution in [3.8, 4) is 5.75 Å². The first-order valence-electron chi connectivity index (χ1n) is 27.4. The topological polar surface area (TPSA) is 404 Å². The molecule has 81 heavy (non-hydrogen) atoms. The lowest BCUT2D eigenvalue weighted by atomic mass is 9.82. The molecule has 1 aromatic heterocycles. The molecule has 4 unspecified atom stereocenters. The van der Waals surface area contributed by atoms with Crippen LogP contribution in [0.1, 0.15) is 103 Å². The molecule has 2 fully saturated rings. The highest BCUT2D eigenvalue weighted by molar-refractivity contribution is 7.99. The van der Waals surface area contributed by atoms with Gasteiger partial charge in [0.05, 0.1) is 60.6 Å². The van der Waals surface area contributed by atoms with Crippen LogP contribution in [-0.2, 0) is 64.0 Å². The molecule has 8 bridgehead atoms.